The molecule has 4 fully saturated rings. The number of nitrogens with one attached hydrogen (secondary N) is 1. The molecule has 4 aliphatic carbocycles. The van der Waals surface area contributed by atoms with Gasteiger partial charge in [-0.2, -0.15) is 0 Å². The molecule has 2 aromatic rings. The minimum absolute atomic E-state index is 0.399. The average molecular weight is 505 g/mol. The summed E-state index contributed by atoms with van der Waals surface area (Å²) >= 11 is 7.45. The molecule has 0 unspecified atom stereocenters. The Kier molecular flexibility index (Phi) is 5.31. The third kappa shape index (κ3) is 3.93. The van der Waals surface area contributed by atoms with Gasteiger partial charge in [0.05, 0.1) is 8.95 Å². The fraction of sp³-hybridized carbons (Fsp3) is 0.500. The molecule has 4 bridgehead atoms. The Bertz CT molecular complexity index is 793. The Labute approximate surface area is 184 Å². The van der Waals surface area contributed by atoms with Crippen LogP contribution in [0.25, 0.3) is 0 Å². The van der Waals surface area contributed by atoms with Crippen molar-refractivity contribution < 1.29 is 4.74 Å². The maximum Gasteiger partial charge on any atom is 0.148 e. The molecule has 0 saturated heterocycles. The van der Waals surface area contributed by atoms with Gasteiger partial charge in [-0.1, -0.05) is 30.3 Å². The standard InChI is InChI=1S/C24H27Br2NO/c25-21-9-20(10-22(26)23(21)28-15-16-4-2-1-3-5-16)14-27-24-11-17-6-18(12-24)8-19(7-17)13-24/h1-5,9-10,17-19,27H,6-8,11-15H2. The first-order chi connectivity index (χ1) is 13.6. The van der Waals surface area contributed by atoms with Crippen LogP contribution in [-0.4, -0.2) is 5.54 Å². The van der Waals surface area contributed by atoms with Crippen molar-refractivity contribution in [2.45, 2.75) is 57.2 Å². The van der Waals surface area contributed by atoms with Gasteiger partial charge in [-0.25, -0.2) is 0 Å². The summed E-state index contributed by atoms with van der Waals surface area (Å²) in [5, 5.41) is 3.99. The highest BCUT2D eigenvalue weighted by molar-refractivity contribution is 9.11. The molecule has 4 saturated carbocycles. The third-order valence-corrected chi connectivity index (χ3v) is 8.17. The molecule has 2 nitrogen and oxygen atoms in total. The highest BCUT2D eigenvalue weighted by Gasteiger charge is 2.50. The van der Waals surface area contributed by atoms with Crippen molar-refractivity contribution in [3.8, 4) is 5.75 Å². The summed E-state index contributed by atoms with van der Waals surface area (Å²) in [4.78, 5) is 0. The van der Waals surface area contributed by atoms with Crippen LogP contribution in [-0.2, 0) is 13.2 Å². The van der Waals surface area contributed by atoms with Crippen LogP contribution in [0, 0.1) is 17.8 Å². The summed E-state index contributed by atoms with van der Waals surface area (Å²) in [6.07, 6.45) is 8.64. The number of ether oxygens (including phenoxy) is 1. The van der Waals surface area contributed by atoms with Crippen LogP contribution in [0.2, 0.25) is 0 Å². The summed E-state index contributed by atoms with van der Waals surface area (Å²) in [6.45, 7) is 1.51. The van der Waals surface area contributed by atoms with E-state index in [9.17, 15) is 0 Å². The second-order valence-corrected chi connectivity index (χ2v) is 10.9. The van der Waals surface area contributed by atoms with E-state index >= 15 is 0 Å². The molecular formula is C24H27Br2NO. The number of hydrogen-bond acceptors (Lipinski definition) is 2. The monoisotopic (exact) mass is 503 g/mol. The highest BCUT2D eigenvalue weighted by atomic mass is 79.9. The van der Waals surface area contributed by atoms with Gasteiger partial charge in [-0.3, -0.25) is 0 Å². The minimum atomic E-state index is 0.399. The zero-order valence-electron chi connectivity index (χ0n) is 16.1. The van der Waals surface area contributed by atoms with Crippen molar-refractivity contribution in [2.75, 3.05) is 0 Å². The molecule has 4 heteroatoms. The van der Waals surface area contributed by atoms with Crippen molar-refractivity contribution in [2.24, 2.45) is 17.8 Å². The van der Waals surface area contributed by atoms with E-state index in [1.807, 2.05) is 18.2 Å². The minimum Gasteiger partial charge on any atom is -0.487 e. The Morgan fingerprint density at radius 2 is 1.43 bits per heavy atom. The Morgan fingerprint density at radius 3 is 2.00 bits per heavy atom. The molecule has 0 aliphatic heterocycles. The van der Waals surface area contributed by atoms with E-state index in [-0.39, 0.29) is 0 Å². The second kappa shape index (κ2) is 7.77. The molecule has 4 aliphatic rings. The van der Waals surface area contributed by atoms with E-state index in [0.29, 0.717) is 12.1 Å². The zero-order chi connectivity index (χ0) is 19.1. The first-order valence-electron chi connectivity index (χ1n) is 10.5. The van der Waals surface area contributed by atoms with Gasteiger partial charge in [0.2, 0.25) is 0 Å². The summed E-state index contributed by atoms with van der Waals surface area (Å²) in [7, 11) is 0. The fourth-order valence-corrected chi connectivity index (χ4v) is 7.71. The lowest BCUT2D eigenvalue weighted by molar-refractivity contribution is -0.0206. The van der Waals surface area contributed by atoms with Crippen molar-refractivity contribution in [3.63, 3.8) is 0 Å². The van der Waals surface area contributed by atoms with Crippen molar-refractivity contribution >= 4 is 31.9 Å². The SMILES string of the molecule is Brc1cc(CNC23CC4CC(CC(C4)C2)C3)cc(Br)c1OCc1ccccc1. The lowest BCUT2D eigenvalue weighted by Gasteiger charge is -2.57. The van der Waals surface area contributed by atoms with Gasteiger partial charge in [0, 0.05) is 12.1 Å². The molecule has 0 heterocycles. The summed E-state index contributed by atoms with van der Waals surface area (Å²) in [5.74, 6) is 3.81. The van der Waals surface area contributed by atoms with Crippen molar-refractivity contribution in [1.29, 1.82) is 0 Å². The number of hydrogen-bond donors (Lipinski definition) is 1. The van der Waals surface area contributed by atoms with Crippen LogP contribution in [0.5, 0.6) is 5.75 Å². The topological polar surface area (TPSA) is 21.3 Å². The first-order valence-corrected chi connectivity index (χ1v) is 12.1. The van der Waals surface area contributed by atoms with Gasteiger partial charge in [-0.15, -0.1) is 0 Å². The van der Waals surface area contributed by atoms with Crippen LogP contribution >= 0.6 is 31.9 Å². The van der Waals surface area contributed by atoms with Gasteiger partial charge < -0.3 is 10.1 Å². The van der Waals surface area contributed by atoms with Gasteiger partial charge in [-0.05, 0) is 111 Å². The predicted molar refractivity (Wildman–Crippen MR) is 120 cm³/mol. The maximum absolute atomic E-state index is 6.07. The van der Waals surface area contributed by atoms with E-state index in [1.54, 1.807) is 0 Å². The fourth-order valence-electron chi connectivity index (χ4n) is 6.20. The van der Waals surface area contributed by atoms with Gasteiger partial charge in [0.25, 0.3) is 0 Å². The molecule has 1 N–H and O–H groups in total. The lowest BCUT2D eigenvalue weighted by Crippen LogP contribution is -2.58. The Balaban J connectivity index is 1.25. The number of halogens is 2. The molecule has 0 atom stereocenters. The molecule has 0 spiro atoms. The molecule has 6 rings (SSSR count). The summed E-state index contributed by atoms with van der Waals surface area (Å²) in [6, 6.07) is 14.7. The summed E-state index contributed by atoms with van der Waals surface area (Å²) in [5.41, 5.74) is 2.88. The molecular weight excluding hydrogens is 478 g/mol. The van der Waals surface area contributed by atoms with Crippen molar-refractivity contribution in [1.82, 2.24) is 5.32 Å². The largest absolute Gasteiger partial charge is 0.487 e. The zero-order valence-corrected chi connectivity index (χ0v) is 19.3. The van der Waals surface area contributed by atoms with Crippen LogP contribution in [0.1, 0.15) is 49.7 Å². The smallest absolute Gasteiger partial charge is 0.148 e. The normalized spacial score (nSPS) is 30.6. The van der Waals surface area contributed by atoms with Crippen LogP contribution in [0.15, 0.2) is 51.4 Å². The van der Waals surface area contributed by atoms with Crippen LogP contribution in [0.3, 0.4) is 0 Å². The molecule has 0 amide bonds. The van der Waals surface area contributed by atoms with Crippen LogP contribution < -0.4 is 10.1 Å². The molecule has 0 radical (unpaired) electrons. The lowest BCUT2D eigenvalue weighted by atomic mass is 9.53. The van der Waals surface area contributed by atoms with Gasteiger partial charge >= 0.3 is 0 Å². The third-order valence-electron chi connectivity index (χ3n) is 6.99. The maximum atomic E-state index is 6.07. The highest BCUT2D eigenvalue weighted by Crippen LogP contribution is 2.55. The number of rotatable bonds is 6. The molecule has 28 heavy (non-hydrogen) atoms. The molecule has 0 aromatic heterocycles. The van der Waals surface area contributed by atoms with E-state index < -0.39 is 0 Å². The first kappa shape index (κ1) is 19.1. The Morgan fingerprint density at radius 1 is 0.857 bits per heavy atom. The van der Waals surface area contributed by atoms with E-state index in [4.69, 9.17) is 4.74 Å². The molecule has 148 valence electrons. The van der Waals surface area contributed by atoms with E-state index in [2.05, 4.69) is 61.4 Å². The Hall–Kier alpha value is -0.840. The van der Waals surface area contributed by atoms with Gasteiger partial charge in [0.15, 0.2) is 0 Å². The van der Waals surface area contributed by atoms with Crippen molar-refractivity contribution in [3.05, 3.63) is 62.5 Å². The summed E-state index contributed by atoms with van der Waals surface area (Å²) < 4.78 is 8.10. The van der Waals surface area contributed by atoms with E-state index in [1.165, 1.54) is 49.7 Å². The molecule has 2 aromatic carbocycles. The quantitative estimate of drug-likeness (QED) is 0.464. The average Bonchev–Trinajstić information content (AvgIpc) is 2.66. The predicted octanol–water partition coefficient (Wildman–Crippen LogP) is 6.85. The second-order valence-electron chi connectivity index (χ2n) is 9.21. The van der Waals surface area contributed by atoms with E-state index in [0.717, 1.165) is 39.0 Å². The van der Waals surface area contributed by atoms with Crippen LogP contribution in [0.4, 0.5) is 0 Å². The number of benzene rings is 2. The van der Waals surface area contributed by atoms with Gasteiger partial charge in [0.1, 0.15) is 12.4 Å².